The van der Waals surface area contributed by atoms with Crippen molar-refractivity contribution in [3.63, 3.8) is 0 Å². The van der Waals surface area contributed by atoms with E-state index in [1.165, 1.54) is 12.1 Å². The molecule has 1 aromatic carbocycles. The lowest BCUT2D eigenvalue weighted by molar-refractivity contribution is 0.424. The number of aromatic nitrogens is 3. The zero-order valence-corrected chi connectivity index (χ0v) is 14.7. The molecule has 0 saturated carbocycles. The molecule has 0 spiro atoms. The predicted molar refractivity (Wildman–Crippen MR) is 88.7 cm³/mol. The van der Waals surface area contributed by atoms with Crippen LogP contribution in [0.3, 0.4) is 0 Å². The standard InChI is InChI=1S/C16H17FN4O3S/c1-9-14(16-20-11(3)21-24-16)15(10(2)19-9)25(22,23)18-8-12-6-4-5-7-13(12)17/h4-7,18-19H,8H2,1-3H3. The van der Waals surface area contributed by atoms with Crippen LogP contribution in [0.5, 0.6) is 0 Å². The number of benzene rings is 1. The highest BCUT2D eigenvalue weighted by Crippen LogP contribution is 2.32. The van der Waals surface area contributed by atoms with Gasteiger partial charge >= 0.3 is 0 Å². The topological polar surface area (TPSA) is 101 Å². The van der Waals surface area contributed by atoms with E-state index in [0.29, 0.717) is 22.8 Å². The first-order valence-electron chi connectivity index (χ1n) is 7.52. The number of hydrogen-bond acceptors (Lipinski definition) is 5. The van der Waals surface area contributed by atoms with Crippen molar-refractivity contribution in [2.24, 2.45) is 0 Å². The van der Waals surface area contributed by atoms with Gasteiger partial charge in [-0.25, -0.2) is 17.5 Å². The summed E-state index contributed by atoms with van der Waals surface area (Å²) in [4.78, 5) is 7.11. The fourth-order valence-corrected chi connectivity index (χ4v) is 4.09. The highest BCUT2D eigenvalue weighted by atomic mass is 32.2. The van der Waals surface area contributed by atoms with Crippen LogP contribution in [-0.2, 0) is 16.6 Å². The summed E-state index contributed by atoms with van der Waals surface area (Å²) < 4.78 is 46.9. The first-order valence-corrected chi connectivity index (χ1v) is 9.01. The Morgan fingerprint density at radius 2 is 1.92 bits per heavy atom. The van der Waals surface area contributed by atoms with Gasteiger partial charge in [-0.2, -0.15) is 4.98 Å². The molecule has 0 aliphatic carbocycles. The Morgan fingerprint density at radius 1 is 1.20 bits per heavy atom. The molecule has 2 heterocycles. The van der Waals surface area contributed by atoms with Gasteiger partial charge in [0.05, 0.1) is 5.56 Å². The Hall–Kier alpha value is -2.52. The van der Waals surface area contributed by atoms with E-state index < -0.39 is 15.8 Å². The van der Waals surface area contributed by atoms with Crippen molar-refractivity contribution in [1.82, 2.24) is 19.8 Å². The number of aromatic amines is 1. The summed E-state index contributed by atoms with van der Waals surface area (Å²) in [7, 11) is -3.93. The first-order chi connectivity index (χ1) is 11.8. The van der Waals surface area contributed by atoms with Crippen molar-refractivity contribution in [3.8, 4) is 11.5 Å². The number of aryl methyl sites for hydroxylation is 3. The summed E-state index contributed by atoms with van der Waals surface area (Å²) in [5.41, 5.74) is 1.60. The van der Waals surface area contributed by atoms with Crippen LogP contribution in [0.15, 0.2) is 33.7 Å². The molecule has 0 fully saturated rings. The van der Waals surface area contributed by atoms with Gasteiger partial charge in [0.1, 0.15) is 10.7 Å². The summed E-state index contributed by atoms with van der Waals surface area (Å²) in [6.07, 6.45) is 0. The van der Waals surface area contributed by atoms with Crippen LogP contribution in [-0.4, -0.2) is 23.5 Å². The summed E-state index contributed by atoms with van der Waals surface area (Å²) in [5.74, 6) is 0.0430. The smallest absolute Gasteiger partial charge is 0.261 e. The molecular formula is C16H17FN4O3S. The van der Waals surface area contributed by atoms with Crippen LogP contribution in [0.2, 0.25) is 0 Å². The second-order valence-electron chi connectivity index (χ2n) is 5.64. The number of nitrogens with zero attached hydrogens (tertiary/aromatic N) is 2. The number of hydrogen-bond donors (Lipinski definition) is 2. The van der Waals surface area contributed by atoms with E-state index in [9.17, 15) is 12.8 Å². The fraction of sp³-hybridized carbons (Fsp3) is 0.250. The Balaban J connectivity index is 1.99. The average Bonchev–Trinajstić information content (AvgIpc) is 3.09. The second-order valence-corrected chi connectivity index (χ2v) is 7.35. The lowest BCUT2D eigenvalue weighted by Gasteiger charge is -2.09. The van der Waals surface area contributed by atoms with Crippen molar-refractivity contribution in [2.75, 3.05) is 0 Å². The van der Waals surface area contributed by atoms with Gasteiger partial charge < -0.3 is 9.51 Å². The molecule has 9 heteroatoms. The molecule has 0 bridgehead atoms. The minimum absolute atomic E-state index is 0.0185. The molecule has 2 aromatic heterocycles. The van der Waals surface area contributed by atoms with E-state index in [-0.39, 0.29) is 22.9 Å². The third-order valence-electron chi connectivity index (χ3n) is 3.74. The molecule has 0 aliphatic rings. The molecule has 0 unspecified atom stereocenters. The van der Waals surface area contributed by atoms with E-state index in [0.717, 1.165) is 0 Å². The SMILES string of the molecule is Cc1noc(-c2c(C)[nH]c(C)c2S(=O)(=O)NCc2ccccc2F)n1. The van der Waals surface area contributed by atoms with E-state index >= 15 is 0 Å². The van der Waals surface area contributed by atoms with Crippen LogP contribution in [0.25, 0.3) is 11.5 Å². The summed E-state index contributed by atoms with van der Waals surface area (Å²) in [6, 6.07) is 5.99. The monoisotopic (exact) mass is 364 g/mol. The molecular weight excluding hydrogens is 347 g/mol. The van der Waals surface area contributed by atoms with Gasteiger partial charge in [-0.3, -0.25) is 0 Å². The zero-order chi connectivity index (χ0) is 18.2. The summed E-state index contributed by atoms with van der Waals surface area (Å²) in [5, 5.41) is 3.71. The van der Waals surface area contributed by atoms with Crippen molar-refractivity contribution in [1.29, 1.82) is 0 Å². The summed E-state index contributed by atoms with van der Waals surface area (Å²) in [6.45, 7) is 4.84. The van der Waals surface area contributed by atoms with Gasteiger partial charge in [-0.05, 0) is 26.8 Å². The van der Waals surface area contributed by atoms with E-state index in [1.807, 2.05) is 0 Å². The molecule has 0 radical (unpaired) electrons. The molecule has 0 aliphatic heterocycles. The number of nitrogens with one attached hydrogen (secondary N) is 2. The fourth-order valence-electron chi connectivity index (χ4n) is 2.64. The highest BCUT2D eigenvalue weighted by molar-refractivity contribution is 7.89. The van der Waals surface area contributed by atoms with Gasteiger partial charge in [-0.1, -0.05) is 23.4 Å². The Kier molecular flexibility index (Phi) is 4.44. The van der Waals surface area contributed by atoms with Crippen molar-refractivity contribution < 1.29 is 17.3 Å². The minimum Gasteiger partial charge on any atom is -0.361 e. The number of rotatable bonds is 5. The molecule has 3 rings (SSSR count). The maximum Gasteiger partial charge on any atom is 0.261 e. The third-order valence-corrected chi connectivity index (χ3v) is 5.31. The van der Waals surface area contributed by atoms with Crippen molar-refractivity contribution in [2.45, 2.75) is 32.2 Å². The zero-order valence-electron chi connectivity index (χ0n) is 13.9. The van der Waals surface area contributed by atoms with E-state index in [1.54, 1.807) is 32.9 Å². The first kappa shape index (κ1) is 17.3. The van der Waals surface area contributed by atoms with E-state index in [2.05, 4.69) is 19.8 Å². The largest absolute Gasteiger partial charge is 0.361 e. The molecule has 3 aromatic rings. The van der Waals surface area contributed by atoms with E-state index in [4.69, 9.17) is 4.52 Å². The van der Waals surface area contributed by atoms with Gasteiger partial charge in [0, 0.05) is 23.5 Å². The predicted octanol–water partition coefficient (Wildman–Crippen LogP) is 2.61. The van der Waals surface area contributed by atoms with Crippen molar-refractivity contribution >= 4 is 10.0 Å². The maximum atomic E-state index is 13.7. The van der Waals surface area contributed by atoms with Gasteiger partial charge in [0.2, 0.25) is 10.0 Å². The van der Waals surface area contributed by atoms with Gasteiger partial charge in [0.25, 0.3) is 5.89 Å². The number of halogens is 1. The molecule has 7 nitrogen and oxygen atoms in total. The highest BCUT2D eigenvalue weighted by Gasteiger charge is 2.28. The van der Waals surface area contributed by atoms with Crippen LogP contribution < -0.4 is 4.72 Å². The van der Waals surface area contributed by atoms with Gasteiger partial charge in [-0.15, -0.1) is 0 Å². The third kappa shape index (κ3) is 3.33. The molecule has 2 N–H and O–H groups in total. The van der Waals surface area contributed by atoms with Gasteiger partial charge in [0.15, 0.2) is 5.82 Å². The molecule has 132 valence electrons. The summed E-state index contributed by atoms with van der Waals surface area (Å²) >= 11 is 0. The number of H-pyrrole nitrogens is 1. The maximum absolute atomic E-state index is 13.7. The number of sulfonamides is 1. The lowest BCUT2D eigenvalue weighted by atomic mass is 10.2. The molecule has 0 atom stereocenters. The Morgan fingerprint density at radius 3 is 2.56 bits per heavy atom. The Bertz CT molecular complexity index is 1020. The second kappa shape index (κ2) is 6.41. The molecule has 0 amide bonds. The normalized spacial score (nSPS) is 11.8. The molecule has 25 heavy (non-hydrogen) atoms. The Labute approximate surface area is 144 Å². The molecule has 0 saturated heterocycles. The van der Waals surface area contributed by atoms with Crippen LogP contribution in [0.4, 0.5) is 4.39 Å². The van der Waals surface area contributed by atoms with Crippen LogP contribution in [0.1, 0.15) is 22.8 Å². The van der Waals surface area contributed by atoms with Crippen LogP contribution in [0, 0.1) is 26.6 Å². The lowest BCUT2D eigenvalue weighted by Crippen LogP contribution is -2.24. The van der Waals surface area contributed by atoms with Crippen LogP contribution >= 0.6 is 0 Å². The van der Waals surface area contributed by atoms with Crippen molar-refractivity contribution in [3.05, 3.63) is 52.9 Å². The quantitative estimate of drug-likeness (QED) is 0.725. The average molecular weight is 364 g/mol. The minimum atomic E-state index is -3.93.